The first-order valence-electron chi connectivity index (χ1n) is 5.14. The van der Waals surface area contributed by atoms with Gasteiger partial charge in [0, 0.05) is 11.6 Å². The highest BCUT2D eigenvalue weighted by Gasteiger charge is 2.28. The van der Waals surface area contributed by atoms with Gasteiger partial charge in [0.1, 0.15) is 0 Å². The molecule has 0 fully saturated rings. The van der Waals surface area contributed by atoms with E-state index in [1.54, 1.807) is 0 Å². The summed E-state index contributed by atoms with van der Waals surface area (Å²) in [6, 6.07) is 5.81. The standard InChI is InChI=1S/C12H17NO2/c1-12(2,3)11(13)8-5-4-6-9-10(8)15-7-14-9/h4-6,11H,7,13H2,1-3H3/t11-/m0/s1. The van der Waals surface area contributed by atoms with E-state index in [2.05, 4.69) is 20.8 Å². The van der Waals surface area contributed by atoms with Crippen LogP contribution < -0.4 is 15.2 Å². The Hall–Kier alpha value is -1.22. The van der Waals surface area contributed by atoms with Crippen molar-refractivity contribution in [1.29, 1.82) is 0 Å². The van der Waals surface area contributed by atoms with Gasteiger partial charge in [-0.15, -0.1) is 0 Å². The van der Waals surface area contributed by atoms with Gasteiger partial charge in [-0.1, -0.05) is 32.9 Å². The van der Waals surface area contributed by atoms with Crippen LogP contribution in [0.5, 0.6) is 11.5 Å². The zero-order valence-electron chi connectivity index (χ0n) is 9.41. The van der Waals surface area contributed by atoms with E-state index in [9.17, 15) is 0 Å². The number of para-hydroxylation sites is 1. The molecule has 1 atom stereocenters. The fourth-order valence-electron chi connectivity index (χ4n) is 1.66. The second-order valence-corrected chi connectivity index (χ2v) is 4.92. The lowest BCUT2D eigenvalue weighted by molar-refractivity contribution is 0.171. The van der Waals surface area contributed by atoms with Gasteiger partial charge >= 0.3 is 0 Å². The van der Waals surface area contributed by atoms with Crippen LogP contribution in [0.4, 0.5) is 0 Å². The van der Waals surface area contributed by atoms with Gasteiger partial charge in [0.15, 0.2) is 11.5 Å². The number of fused-ring (bicyclic) bond motifs is 1. The predicted octanol–water partition coefficient (Wildman–Crippen LogP) is 2.46. The van der Waals surface area contributed by atoms with Crippen molar-refractivity contribution < 1.29 is 9.47 Å². The maximum absolute atomic E-state index is 6.21. The first kappa shape index (κ1) is 10.3. The number of hydrogen-bond acceptors (Lipinski definition) is 3. The average Bonchev–Trinajstić information content (AvgIpc) is 2.62. The van der Waals surface area contributed by atoms with Crippen molar-refractivity contribution in [2.75, 3.05) is 6.79 Å². The second kappa shape index (κ2) is 3.42. The molecule has 0 radical (unpaired) electrons. The van der Waals surface area contributed by atoms with Crippen LogP contribution in [-0.4, -0.2) is 6.79 Å². The summed E-state index contributed by atoms with van der Waals surface area (Å²) < 4.78 is 10.8. The highest BCUT2D eigenvalue weighted by Crippen LogP contribution is 2.42. The third-order valence-electron chi connectivity index (χ3n) is 2.70. The van der Waals surface area contributed by atoms with Crippen LogP contribution in [0.1, 0.15) is 32.4 Å². The summed E-state index contributed by atoms with van der Waals surface area (Å²) in [5.41, 5.74) is 7.25. The first-order valence-corrected chi connectivity index (χ1v) is 5.14. The van der Waals surface area contributed by atoms with Crippen LogP contribution in [0.25, 0.3) is 0 Å². The zero-order chi connectivity index (χ0) is 11.1. The third-order valence-corrected chi connectivity index (χ3v) is 2.70. The summed E-state index contributed by atoms with van der Waals surface area (Å²) in [6.07, 6.45) is 0. The zero-order valence-corrected chi connectivity index (χ0v) is 9.41. The molecule has 1 aromatic rings. The lowest BCUT2D eigenvalue weighted by Gasteiger charge is -2.28. The minimum absolute atomic E-state index is 0.0150. The summed E-state index contributed by atoms with van der Waals surface area (Å²) in [7, 11) is 0. The molecule has 2 rings (SSSR count). The summed E-state index contributed by atoms with van der Waals surface area (Å²) in [6.45, 7) is 6.65. The molecule has 3 heteroatoms. The molecule has 0 saturated carbocycles. The van der Waals surface area contributed by atoms with Gasteiger partial charge in [-0.05, 0) is 11.5 Å². The lowest BCUT2D eigenvalue weighted by Crippen LogP contribution is -2.26. The van der Waals surface area contributed by atoms with Crippen molar-refractivity contribution in [2.45, 2.75) is 26.8 Å². The van der Waals surface area contributed by atoms with Gasteiger partial charge in [0.25, 0.3) is 0 Å². The van der Waals surface area contributed by atoms with E-state index in [0.29, 0.717) is 6.79 Å². The van der Waals surface area contributed by atoms with E-state index in [1.807, 2.05) is 18.2 Å². The minimum atomic E-state index is -0.0471. The van der Waals surface area contributed by atoms with Crippen molar-refractivity contribution in [3.05, 3.63) is 23.8 Å². The highest BCUT2D eigenvalue weighted by molar-refractivity contribution is 5.49. The van der Waals surface area contributed by atoms with E-state index in [4.69, 9.17) is 15.2 Å². The van der Waals surface area contributed by atoms with Crippen molar-refractivity contribution in [1.82, 2.24) is 0 Å². The highest BCUT2D eigenvalue weighted by atomic mass is 16.7. The number of rotatable bonds is 1. The summed E-state index contributed by atoms with van der Waals surface area (Å²) >= 11 is 0. The SMILES string of the molecule is CC(C)(C)[C@@H](N)c1cccc2c1OCO2. The predicted molar refractivity (Wildman–Crippen MR) is 58.9 cm³/mol. The van der Waals surface area contributed by atoms with Crippen LogP contribution in [0.2, 0.25) is 0 Å². The van der Waals surface area contributed by atoms with Gasteiger partial charge in [-0.2, -0.15) is 0 Å². The fraction of sp³-hybridized carbons (Fsp3) is 0.500. The van der Waals surface area contributed by atoms with Crippen molar-refractivity contribution >= 4 is 0 Å². The second-order valence-electron chi connectivity index (χ2n) is 4.92. The van der Waals surface area contributed by atoms with E-state index in [0.717, 1.165) is 17.1 Å². The lowest BCUT2D eigenvalue weighted by atomic mass is 9.82. The van der Waals surface area contributed by atoms with E-state index >= 15 is 0 Å². The minimum Gasteiger partial charge on any atom is -0.454 e. The smallest absolute Gasteiger partial charge is 0.231 e. The Bertz CT molecular complexity index is 368. The molecule has 0 aromatic heterocycles. The molecule has 0 amide bonds. The Balaban J connectivity index is 2.41. The third kappa shape index (κ3) is 1.79. The van der Waals surface area contributed by atoms with E-state index < -0.39 is 0 Å². The molecule has 0 saturated heterocycles. The maximum atomic E-state index is 6.21. The molecule has 82 valence electrons. The molecule has 15 heavy (non-hydrogen) atoms. The molecule has 1 aromatic carbocycles. The molecule has 0 unspecified atom stereocenters. The summed E-state index contributed by atoms with van der Waals surface area (Å²) in [5.74, 6) is 1.60. The molecule has 2 N–H and O–H groups in total. The molecule has 1 aliphatic rings. The summed E-state index contributed by atoms with van der Waals surface area (Å²) in [5, 5.41) is 0. The molecule has 0 bridgehead atoms. The molecular weight excluding hydrogens is 190 g/mol. The molecule has 1 aliphatic heterocycles. The van der Waals surface area contributed by atoms with Crippen LogP contribution in [0, 0.1) is 5.41 Å². The topological polar surface area (TPSA) is 44.5 Å². The number of hydrogen-bond donors (Lipinski definition) is 1. The van der Waals surface area contributed by atoms with Gasteiger partial charge < -0.3 is 15.2 Å². The van der Waals surface area contributed by atoms with Gasteiger partial charge in [0.2, 0.25) is 6.79 Å². The Morgan fingerprint density at radius 2 is 2.00 bits per heavy atom. The molecule has 1 heterocycles. The van der Waals surface area contributed by atoms with Crippen LogP contribution >= 0.6 is 0 Å². The monoisotopic (exact) mass is 207 g/mol. The van der Waals surface area contributed by atoms with Crippen LogP contribution in [0.15, 0.2) is 18.2 Å². The first-order chi connectivity index (χ1) is 7.00. The van der Waals surface area contributed by atoms with Gasteiger partial charge in [-0.25, -0.2) is 0 Å². The van der Waals surface area contributed by atoms with Crippen LogP contribution in [-0.2, 0) is 0 Å². The molecule has 0 aliphatic carbocycles. The summed E-state index contributed by atoms with van der Waals surface area (Å²) in [4.78, 5) is 0. The average molecular weight is 207 g/mol. The van der Waals surface area contributed by atoms with Crippen LogP contribution in [0.3, 0.4) is 0 Å². The van der Waals surface area contributed by atoms with Crippen molar-refractivity contribution in [3.8, 4) is 11.5 Å². The fourth-order valence-corrected chi connectivity index (χ4v) is 1.66. The normalized spacial score (nSPS) is 16.5. The number of benzene rings is 1. The Morgan fingerprint density at radius 3 is 2.67 bits per heavy atom. The quantitative estimate of drug-likeness (QED) is 0.769. The Kier molecular flexibility index (Phi) is 2.35. The molecule has 3 nitrogen and oxygen atoms in total. The number of nitrogens with two attached hydrogens (primary N) is 1. The number of ether oxygens (including phenoxy) is 2. The van der Waals surface area contributed by atoms with Crippen molar-refractivity contribution in [3.63, 3.8) is 0 Å². The molecular formula is C12H17NO2. The van der Waals surface area contributed by atoms with Crippen molar-refractivity contribution in [2.24, 2.45) is 11.1 Å². The Labute approximate surface area is 90.2 Å². The van der Waals surface area contributed by atoms with Gasteiger partial charge in [-0.3, -0.25) is 0 Å². The van der Waals surface area contributed by atoms with E-state index in [1.165, 1.54) is 0 Å². The molecule has 0 spiro atoms. The Morgan fingerprint density at radius 1 is 1.27 bits per heavy atom. The van der Waals surface area contributed by atoms with Gasteiger partial charge in [0.05, 0.1) is 0 Å². The maximum Gasteiger partial charge on any atom is 0.231 e. The van der Waals surface area contributed by atoms with E-state index in [-0.39, 0.29) is 11.5 Å². The largest absolute Gasteiger partial charge is 0.454 e.